The van der Waals surface area contributed by atoms with Gasteiger partial charge in [-0.25, -0.2) is 4.79 Å². The van der Waals surface area contributed by atoms with Crippen LogP contribution in [0.25, 0.3) is 0 Å². The third-order valence-electron chi connectivity index (χ3n) is 2.71. The van der Waals surface area contributed by atoms with E-state index in [1.54, 1.807) is 24.3 Å². The van der Waals surface area contributed by atoms with Gasteiger partial charge >= 0.3 is 5.97 Å². The van der Waals surface area contributed by atoms with Gasteiger partial charge in [0.2, 0.25) is 5.91 Å². The molecule has 5 heteroatoms. The van der Waals surface area contributed by atoms with Gasteiger partial charge in [-0.05, 0) is 18.1 Å². The molecule has 104 valence electrons. The first-order valence-electron chi connectivity index (χ1n) is 6.25. The van der Waals surface area contributed by atoms with Gasteiger partial charge in [-0.3, -0.25) is 4.79 Å². The lowest BCUT2D eigenvalue weighted by Crippen LogP contribution is -2.15. The average molecular weight is 265 g/mol. The van der Waals surface area contributed by atoms with Crippen molar-refractivity contribution in [2.75, 3.05) is 11.9 Å². The zero-order valence-electron chi connectivity index (χ0n) is 11.2. The molecule has 5 nitrogen and oxygen atoms in total. The Labute approximate surface area is 112 Å². The maximum Gasteiger partial charge on any atom is 0.341 e. The van der Waals surface area contributed by atoms with Crippen LogP contribution in [0.3, 0.4) is 0 Å². The minimum absolute atomic E-state index is 0.0512. The molecule has 0 spiro atoms. The van der Waals surface area contributed by atoms with Gasteiger partial charge in [0.15, 0.2) is 6.61 Å². The van der Waals surface area contributed by atoms with Crippen LogP contribution in [0.1, 0.15) is 26.7 Å². The highest BCUT2D eigenvalue weighted by Gasteiger charge is 2.08. The van der Waals surface area contributed by atoms with Crippen LogP contribution >= 0.6 is 0 Å². The number of hydrogen-bond acceptors (Lipinski definition) is 3. The molecule has 1 amide bonds. The maximum absolute atomic E-state index is 11.7. The predicted octanol–water partition coefficient (Wildman–Crippen LogP) is 2.52. The Morgan fingerprint density at radius 1 is 1.42 bits per heavy atom. The molecule has 1 unspecified atom stereocenters. The summed E-state index contributed by atoms with van der Waals surface area (Å²) in [5.41, 5.74) is 0.608. The number of hydrogen-bond donors (Lipinski definition) is 2. The second-order valence-corrected chi connectivity index (χ2v) is 4.48. The van der Waals surface area contributed by atoms with Gasteiger partial charge in [-0.2, -0.15) is 0 Å². The minimum atomic E-state index is -1.04. The van der Waals surface area contributed by atoms with E-state index in [2.05, 4.69) is 5.32 Å². The normalized spacial score (nSPS) is 11.7. The molecule has 1 rings (SSSR count). The van der Waals surface area contributed by atoms with Crippen LogP contribution in [0.2, 0.25) is 0 Å². The maximum atomic E-state index is 11.7. The van der Waals surface area contributed by atoms with Crippen molar-refractivity contribution in [2.45, 2.75) is 26.7 Å². The number of amides is 1. The zero-order valence-corrected chi connectivity index (χ0v) is 11.2. The van der Waals surface area contributed by atoms with Crippen molar-refractivity contribution in [1.29, 1.82) is 0 Å². The number of aliphatic carboxylic acids is 1. The van der Waals surface area contributed by atoms with Gasteiger partial charge in [0.1, 0.15) is 5.75 Å². The van der Waals surface area contributed by atoms with E-state index in [4.69, 9.17) is 9.84 Å². The van der Waals surface area contributed by atoms with E-state index < -0.39 is 12.6 Å². The van der Waals surface area contributed by atoms with Gasteiger partial charge in [0, 0.05) is 18.2 Å². The van der Waals surface area contributed by atoms with Gasteiger partial charge in [0.05, 0.1) is 0 Å². The van der Waals surface area contributed by atoms with E-state index in [9.17, 15) is 9.59 Å². The van der Waals surface area contributed by atoms with Crippen LogP contribution < -0.4 is 10.1 Å². The first-order valence-corrected chi connectivity index (χ1v) is 6.25. The molecule has 19 heavy (non-hydrogen) atoms. The van der Waals surface area contributed by atoms with Gasteiger partial charge < -0.3 is 15.2 Å². The lowest BCUT2D eigenvalue weighted by Gasteiger charge is -2.10. The number of rotatable bonds is 7. The van der Waals surface area contributed by atoms with Crippen molar-refractivity contribution < 1.29 is 19.4 Å². The lowest BCUT2D eigenvalue weighted by molar-refractivity contribution is -0.139. The van der Waals surface area contributed by atoms with Crippen molar-refractivity contribution in [3.63, 3.8) is 0 Å². The SMILES string of the molecule is CCC(C)CC(=O)Nc1cccc(OCC(=O)O)c1. The van der Waals surface area contributed by atoms with E-state index >= 15 is 0 Å². The molecule has 2 N–H and O–H groups in total. The molecule has 0 radical (unpaired) electrons. The van der Waals surface area contributed by atoms with Crippen molar-refractivity contribution >= 4 is 17.6 Å². The predicted molar refractivity (Wildman–Crippen MR) is 72.3 cm³/mol. The largest absolute Gasteiger partial charge is 0.482 e. The Morgan fingerprint density at radius 3 is 2.79 bits per heavy atom. The van der Waals surface area contributed by atoms with Gasteiger partial charge in [-0.1, -0.05) is 26.3 Å². The van der Waals surface area contributed by atoms with Gasteiger partial charge in [-0.15, -0.1) is 0 Å². The summed E-state index contributed by atoms with van der Waals surface area (Å²) in [7, 11) is 0. The Bertz CT molecular complexity index is 445. The topological polar surface area (TPSA) is 75.6 Å². The fourth-order valence-corrected chi connectivity index (χ4v) is 1.48. The smallest absolute Gasteiger partial charge is 0.341 e. The lowest BCUT2D eigenvalue weighted by atomic mass is 10.1. The fourth-order valence-electron chi connectivity index (χ4n) is 1.48. The molecule has 0 aliphatic heterocycles. The van der Waals surface area contributed by atoms with E-state index in [1.807, 2.05) is 13.8 Å². The highest BCUT2D eigenvalue weighted by atomic mass is 16.5. The average Bonchev–Trinajstić information content (AvgIpc) is 2.36. The van der Waals surface area contributed by atoms with Crippen LogP contribution in [0.5, 0.6) is 5.75 Å². The second-order valence-electron chi connectivity index (χ2n) is 4.48. The molecule has 0 saturated carbocycles. The number of carbonyl (C=O) groups excluding carboxylic acids is 1. The molecule has 1 aromatic rings. The minimum Gasteiger partial charge on any atom is -0.482 e. The molecule has 0 fully saturated rings. The molecular formula is C14H19NO4. The van der Waals surface area contributed by atoms with Crippen molar-refractivity contribution in [2.24, 2.45) is 5.92 Å². The Morgan fingerprint density at radius 2 is 2.16 bits per heavy atom. The molecule has 0 heterocycles. The number of ether oxygens (including phenoxy) is 1. The molecule has 0 aliphatic carbocycles. The summed E-state index contributed by atoms with van der Waals surface area (Å²) in [4.78, 5) is 22.1. The summed E-state index contributed by atoms with van der Waals surface area (Å²) < 4.78 is 5.04. The van der Waals surface area contributed by atoms with Crippen molar-refractivity contribution in [1.82, 2.24) is 0 Å². The monoisotopic (exact) mass is 265 g/mol. The quantitative estimate of drug-likeness (QED) is 0.794. The number of carbonyl (C=O) groups is 2. The van der Waals surface area contributed by atoms with E-state index in [-0.39, 0.29) is 5.91 Å². The highest BCUT2D eigenvalue weighted by Crippen LogP contribution is 2.18. The first kappa shape index (κ1) is 15.0. The first-order chi connectivity index (χ1) is 9.01. The number of carboxylic acid groups (broad SMARTS) is 1. The number of nitrogens with one attached hydrogen (secondary N) is 1. The standard InChI is InChI=1S/C14H19NO4/c1-3-10(2)7-13(16)15-11-5-4-6-12(8-11)19-9-14(17)18/h4-6,8,10H,3,7,9H2,1-2H3,(H,15,16)(H,17,18). The summed E-state index contributed by atoms with van der Waals surface area (Å²) >= 11 is 0. The molecule has 0 aliphatic rings. The zero-order chi connectivity index (χ0) is 14.3. The van der Waals surface area contributed by atoms with Crippen LogP contribution in [0, 0.1) is 5.92 Å². The molecule has 1 aromatic carbocycles. The Balaban J connectivity index is 2.56. The molecular weight excluding hydrogens is 246 g/mol. The van der Waals surface area contributed by atoms with E-state index in [1.165, 1.54) is 0 Å². The number of anilines is 1. The highest BCUT2D eigenvalue weighted by molar-refractivity contribution is 5.91. The summed E-state index contributed by atoms with van der Waals surface area (Å²) in [5.74, 6) is -0.328. The fraction of sp³-hybridized carbons (Fsp3) is 0.429. The molecule has 0 aromatic heterocycles. The van der Waals surface area contributed by atoms with Crippen LogP contribution in [0.4, 0.5) is 5.69 Å². The van der Waals surface area contributed by atoms with E-state index in [0.717, 1.165) is 6.42 Å². The summed E-state index contributed by atoms with van der Waals surface area (Å²) in [6, 6.07) is 6.70. The molecule has 0 bridgehead atoms. The molecule has 0 saturated heterocycles. The van der Waals surface area contributed by atoms with Crippen LogP contribution in [-0.4, -0.2) is 23.6 Å². The molecule has 1 atom stereocenters. The second kappa shape index (κ2) is 7.41. The summed E-state index contributed by atoms with van der Waals surface area (Å²) in [6.07, 6.45) is 1.42. The third-order valence-corrected chi connectivity index (χ3v) is 2.71. The number of carboxylic acids is 1. The Kier molecular flexibility index (Phi) is 5.85. The van der Waals surface area contributed by atoms with Crippen LogP contribution in [-0.2, 0) is 9.59 Å². The van der Waals surface area contributed by atoms with Gasteiger partial charge in [0.25, 0.3) is 0 Å². The van der Waals surface area contributed by atoms with E-state index in [0.29, 0.717) is 23.8 Å². The Hall–Kier alpha value is -2.04. The summed E-state index contributed by atoms with van der Waals surface area (Å²) in [6.45, 7) is 3.66. The number of benzene rings is 1. The summed E-state index contributed by atoms with van der Waals surface area (Å²) in [5, 5.41) is 11.3. The third kappa shape index (κ3) is 5.90. The van der Waals surface area contributed by atoms with Crippen molar-refractivity contribution in [3.05, 3.63) is 24.3 Å². The van der Waals surface area contributed by atoms with Crippen LogP contribution in [0.15, 0.2) is 24.3 Å². The van der Waals surface area contributed by atoms with Crippen molar-refractivity contribution in [3.8, 4) is 5.75 Å².